The first-order valence-corrected chi connectivity index (χ1v) is 12.4. The number of imide groups is 1. The Labute approximate surface area is 217 Å². The van der Waals surface area contributed by atoms with E-state index in [1.165, 1.54) is 0 Å². The van der Waals surface area contributed by atoms with Crippen molar-refractivity contribution in [1.29, 1.82) is 0 Å². The van der Waals surface area contributed by atoms with E-state index < -0.39 is 17.6 Å². The van der Waals surface area contributed by atoms with Gasteiger partial charge in [-0.1, -0.05) is 41.9 Å². The number of piperidine rings is 1. The highest BCUT2D eigenvalue weighted by Crippen LogP contribution is 2.45. The van der Waals surface area contributed by atoms with E-state index in [1.54, 1.807) is 65.5 Å². The van der Waals surface area contributed by atoms with Gasteiger partial charge >= 0.3 is 6.09 Å². The first-order valence-electron chi connectivity index (χ1n) is 12.1. The number of nitrogens with zero attached hydrogens (tertiary/aromatic N) is 3. The standard InChI is InChI=1S/C28H23ClN4O4/c29-18-8-9-19-20(16-32(24(19)15-18)17-25(34)22-6-3-4-12-31-22)26(35)33-23-7-2-1-5-21(23)28(37-27(33)36)10-13-30-14-11-28/h1-9,12,15-16,30H,10-11,13-14,17H2. The summed E-state index contributed by atoms with van der Waals surface area (Å²) < 4.78 is 7.66. The normalized spacial score (nSPS) is 16.5. The largest absolute Gasteiger partial charge is 0.437 e. The maximum atomic E-state index is 14.0. The van der Waals surface area contributed by atoms with E-state index >= 15 is 0 Å². The number of fused-ring (bicyclic) bond motifs is 3. The van der Waals surface area contributed by atoms with Gasteiger partial charge in [-0.25, -0.2) is 9.69 Å². The molecule has 2 aromatic heterocycles. The molecule has 0 bridgehead atoms. The van der Waals surface area contributed by atoms with Crippen molar-refractivity contribution < 1.29 is 19.1 Å². The number of carbonyl (C=O) groups is 3. The third kappa shape index (κ3) is 3.98. The predicted octanol–water partition coefficient (Wildman–Crippen LogP) is 4.95. The lowest BCUT2D eigenvalue weighted by atomic mass is 9.82. The Morgan fingerprint density at radius 2 is 1.84 bits per heavy atom. The first kappa shape index (κ1) is 23.4. The quantitative estimate of drug-likeness (QED) is 0.387. The second kappa shape index (κ2) is 9.14. The molecule has 0 unspecified atom stereocenters. The molecule has 0 saturated carbocycles. The van der Waals surface area contributed by atoms with Crippen molar-refractivity contribution in [3.8, 4) is 0 Å². The van der Waals surface area contributed by atoms with Crippen LogP contribution in [0.2, 0.25) is 5.02 Å². The first-order chi connectivity index (χ1) is 18.0. The van der Waals surface area contributed by atoms with E-state index in [2.05, 4.69) is 10.3 Å². The Morgan fingerprint density at radius 3 is 2.62 bits per heavy atom. The van der Waals surface area contributed by atoms with Gasteiger partial charge in [0.2, 0.25) is 5.78 Å². The van der Waals surface area contributed by atoms with Gasteiger partial charge in [0.25, 0.3) is 5.91 Å². The third-order valence-electron chi connectivity index (χ3n) is 7.05. The van der Waals surface area contributed by atoms with Gasteiger partial charge in [0.15, 0.2) is 0 Å². The van der Waals surface area contributed by atoms with Crippen LogP contribution in [0, 0.1) is 0 Å². The SMILES string of the molecule is O=C(Cn1cc(C(=O)N2C(=O)OC3(CCNCC3)c3ccccc32)c2ccc(Cl)cc21)c1ccccn1. The fourth-order valence-electron chi connectivity index (χ4n) is 5.26. The molecule has 2 aromatic carbocycles. The minimum atomic E-state index is -0.758. The van der Waals surface area contributed by atoms with Crippen LogP contribution in [0.3, 0.4) is 0 Å². The number of carbonyl (C=O) groups excluding carboxylic acids is 3. The number of aromatic nitrogens is 2. The van der Waals surface area contributed by atoms with Crippen LogP contribution < -0.4 is 10.2 Å². The lowest BCUT2D eigenvalue weighted by molar-refractivity contribution is -0.0170. The number of anilines is 1. The number of amides is 2. The highest BCUT2D eigenvalue weighted by molar-refractivity contribution is 6.31. The molecule has 2 aliphatic heterocycles. The number of rotatable bonds is 4. The minimum Gasteiger partial charge on any atom is -0.437 e. The van der Waals surface area contributed by atoms with Gasteiger partial charge in [0.05, 0.1) is 23.3 Å². The molecule has 2 amide bonds. The van der Waals surface area contributed by atoms with Crippen molar-refractivity contribution >= 4 is 46.0 Å². The fraction of sp³-hybridized carbons (Fsp3) is 0.214. The molecule has 0 aliphatic carbocycles. The Bertz CT molecular complexity index is 1540. The molecule has 4 aromatic rings. The van der Waals surface area contributed by atoms with Crippen molar-refractivity contribution in [3.63, 3.8) is 0 Å². The maximum absolute atomic E-state index is 14.0. The van der Waals surface area contributed by atoms with Crippen LogP contribution in [0.25, 0.3) is 10.9 Å². The van der Waals surface area contributed by atoms with Crippen LogP contribution in [-0.2, 0) is 16.9 Å². The summed E-state index contributed by atoms with van der Waals surface area (Å²) in [5.41, 5.74) is 1.78. The van der Waals surface area contributed by atoms with Crippen molar-refractivity contribution in [2.24, 2.45) is 0 Å². The lowest BCUT2D eigenvalue weighted by Crippen LogP contribution is -2.52. The minimum absolute atomic E-state index is 0.0434. The zero-order valence-corrected chi connectivity index (χ0v) is 20.6. The van der Waals surface area contributed by atoms with Gasteiger partial charge in [-0.3, -0.25) is 14.6 Å². The van der Waals surface area contributed by atoms with Crippen molar-refractivity contribution in [3.05, 3.63) is 94.9 Å². The van der Waals surface area contributed by atoms with E-state index in [1.807, 2.05) is 12.1 Å². The smallest absolute Gasteiger partial charge is 0.422 e. The predicted molar refractivity (Wildman–Crippen MR) is 139 cm³/mol. The molecule has 1 N–H and O–H groups in total. The summed E-state index contributed by atoms with van der Waals surface area (Å²) in [5, 5.41) is 4.34. The molecule has 2 aliphatic rings. The van der Waals surface area contributed by atoms with Gasteiger partial charge in [-0.05, 0) is 43.4 Å². The monoisotopic (exact) mass is 514 g/mol. The number of ether oxygens (including phenoxy) is 1. The number of pyridine rings is 1. The Hall–Kier alpha value is -4.01. The van der Waals surface area contributed by atoms with E-state index in [-0.39, 0.29) is 17.9 Å². The number of Topliss-reactive ketones (excluding diaryl/α,β-unsaturated/α-hetero) is 1. The number of hydrogen-bond acceptors (Lipinski definition) is 6. The number of benzene rings is 2. The summed E-state index contributed by atoms with van der Waals surface area (Å²) in [5.74, 6) is -0.746. The van der Waals surface area contributed by atoms with Gasteiger partial charge in [-0.2, -0.15) is 0 Å². The Morgan fingerprint density at radius 1 is 1.05 bits per heavy atom. The molecule has 1 spiro atoms. The Kier molecular flexibility index (Phi) is 5.78. The highest BCUT2D eigenvalue weighted by atomic mass is 35.5. The average Bonchev–Trinajstić information content (AvgIpc) is 3.27. The summed E-state index contributed by atoms with van der Waals surface area (Å²) in [4.78, 5) is 45.5. The van der Waals surface area contributed by atoms with Gasteiger partial charge in [-0.15, -0.1) is 0 Å². The van der Waals surface area contributed by atoms with Gasteiger partial charge in [0, 0.05) is 41.2 Å². The number of ketones is 1. The second-order valence-electron chi connectivity index (χ2n) is 9.24. The molecule has 1 fully saturated rings. The molecule has 9 heteroatoms. The van der Waals surface area contributed by atoms with Gasteiger partial charge < -0.3 is 14.6 Å². The van der Waals surface area contributed by atoms with Crippen molar-refractivity contribution in [2.45, 2.75) is 25.0 Å². The summed E-state index contributed by atoms with van der Waals surface area (Å²) in [6.07, 6.45) is 3.71. The van der Waals surface area contributed by atoms with Crippen LogP contribution >= 0.6 is 11.6 Å². The zero-order valence-electron chi connectivity index (χ0n) is 19.8. The fourth-order valence-corrected chi connectivity index (χ4v) is 5.43. The van der Waals surface area contributed by atoms with Crippen LogP contribution in [-0.4, -0.2) is 40.4 Å². The summed E-state index contributed by atoms with van der Waals surface area (Å²) in [6, 6.07) is 17.6. The van der Waals surface area contributed by atoms with Crippen LogP contribution in [0.4, 0.5) is 10.5 Å². The van der Waals surface area contributed by atoms with E-state index in [0.717, 1.165) is 10.5 Å². The van der Waals surface area contributed by atoms with Crippen molar-refractivity contribution in [2.75, 3.05) is 18.0 Å². The molecule has 1 saturated heterocycles. The Balaban J connectivity index is 1.42. The van der Waals surface area contributed by atoms with E-state index in [0.29, 0.717) is 53.2 Å². The average molecular weight is 515 g/mol. The molecule has 0 atom stereocenters. The summed E-state index contributed by atoms with van der Waals surface area (Å²) in [7, 11) is 0. The number of hydrogen-bond donors (Lipinski definition) is 1. The summed E-state index contributed by atoms with van der Waals surface area (Å²) in [6.45, 7) is 1.39. The van der Waals surface area contributed by atoms with Crippen molar-refractivity contribution in [1.82, 2.24) is 14.9 Å². The molecular weight excluding hydrogens is 492 g/mol. The lowest BCUT2D eigenvalue weighted by Gasteiger charge is -2.44. The molecule has 186 valence electrons. The summed E-state index contributed by atoms with van der Waals surface area (Å²) >= 11 is 6.27. The molecule has 0 radical (unpaired) electrons. The maximum Gasteiger partial charge on any atom is 0.422 e. The number of para-hydroxylation sites is 1. The molecule has 37 heavy (non-hydrogen) atoms. The van der Waals surface area contributed by atoms with Crippen LogP contribution in [0.15, 0.2) is 73.1 Å². The third-order valence-corrected chi connectivity index (χ3v) is 7.29. The highest BCUT2D eigenvalue weighted by Gasteiger charge is 2.47. The number of nitrogens with one attached hydrogen (secondary N) is 1. The van der Waals surface area contributed by atoms with Gasteiger partial charge in [0.1, 0.15) is 11.3 Å². The molecule has 8 nitrogen and oxygen atoms in total. The van der Waals surface area contributed by atoms with E-state index in [9.17, 15) is 14.4 Å². The topological polar surface area (TPSA) is 93.5 Å². The van der Waals surface area contributed by atoms with Crippen LogP contribution in [0.1, 0.15) is 39.3 Å². The van der Waals surface area contributed by atoms with Crippen LogP contribution in [0.5, 0.6) is 0 Å². The van der Waals surface area contributed by atoms with E-state index in [4.69, 9.17) is 16.3 Å². The number of halogens is 1. The zero-order chi connectivity index (χ0) is 25.6. The molecule has 6 rings (SSSR count). The second-order valence-corrected chi connectivity index (χ2v) is 9.68. The molecular formula is C28H23ClN4O4. The molecule has 4 heterocycles.